The summed E-state index contributed by atoms with van der Waals surface area (Å²) in [6.45, 7) is 16.0. The molecule has 5 heteroatoms. The van der Waals surface area contributed by atoms with Gasteiger partial charge in [-0.3, -0.25) is 4.79 Å². The Kier molecular flexibility index (Phi) is 8.40. The minimum Gasteiger partial charge on any atom is -1.00 e. The average Bonchev–Trinajstić information content (AvgIpc) is 2.46. The van der Waals surface area contributed by atoms with E-state index in [1.165, 1.54) is 0 Å². The van der Waals surface area contributed by atoms with Crippen molar-refractivity contribution in [2.45, 2.75) is 66.6 Å². The van der Waals surface area contributed by atoms with Crippen molar-refractivity contribution >= 4 is 19.4 Å². The molecule has 0 aliphatic heterocycles. The van der Waals surface area contributed by atoms with Gasteiger partial charge in [0.15, 0.2) is 5.52 Å². The summed E-state index contributed by atoms with van der Waals surface area (Å²) in [5.74, 6) is 1.46. The van der Waals surface area contributed by atoms with Crippen LogP contribution in [0.1, 0.15) is 64.5 Å². The number of benzene rings is 2. The van der Waals surface area contributed by atoms with Gasteiger partial charge in [0, 0.05) is 16.9 Å². The maximum absolute atomic E-state index is 13.0. The molecule has 0 spiro atoms. The first-order chi connectivity index (χ1) is 12.4. The van der Waals surface area contributed by atoms with Crippen LogP contribution < -0.4 is 33.6 Å². The first kappa shape index (κ1) is 24.8. The number of hydrogen-bond donors (Lipinski definition) is 0. The van der Waals surface area contributed by atoms with Crippen LogP contribution in [0.15, 0.2) is 36.4 Å². The van der Waals surface area contributed by atoms with Gasteiger partial charge in [0.05, 0.1) is 0 Å². The molecule has 0 N–H and O–H groups in total. The fraction of sp³-hybridized carbons (Fsp3) is 0.435. The number of aryl methyl sites for hydroxylation is 2. The number of carbonyl (C=O) groups excluding carboxylic acids is 1. The average molecular weight is 394 g/mol. The predicted molar refractivity (Wildman–Crippen MR) is 117 cm³/mol. The van der Waals surface area contributed by atoms with Crippen molar-refractivity contribution < 1.29 is 34.6 Å². The van der Waals surface area contributed by atoms with E-state index in [1.54, 1.807) is 0 Å². The summed E-state index contributed by atoms with van der Waals surface area (Å²) >= 11 is 0. The molecular weight excluding hydrogens is 362 g/mol. The van der Waals surface area contributed by atoms with E-state index in [-0.39, 0.29) is 45.6 Å². The molecule has 148 valence electrons. The molecule has 0 radical (unpaired) electrons. The van der Waals surface area contributed by atoms with Crippen LogP contribution in [-0.4, -0.2) is 16.7 Å². The normalized spacial score (nSPS) is 12.0. The largest absolute Gasteiger partial charge is 1.00 e. The van der Waals surface area contributed by atoms with E-state index in [2.05, 4.69) is 0 Å². The second-order valence-corrected chi connectivity index (χ2v) is 10.1. The third-order valence-electron chi connectivity index (χ3n) is 3.75. The fourth-order valence-electron chi connectivity index (χ4n) is 2.79. The minimum absolute atomic E-state index is 0. The Balaban J connectivity index is 0.00000392. The molecule has 0 saturated heterocycles. The Morgan fingerprint density at radius 3 is 1.93 bits per heavy atom. The van der Waals surface area contributed by atoms with Crippen molar-refractivity contribution in [3.8, 4) is 11.5 Å². The molecule has 0 aliphatic carbocycles. The first-order valence-corrected chi connectivity index (χ1v) is 10.3. The molecule has 0 amide bonds. The van der Waals surface area contributed by atoms with Crippen LogP contribution in [0.5, 0.6) is 11.5 Å². The van der Waals surface area contributed by atoms with Gasteiger partial charge < -0.3 is 10.9 Å². The number of rotatable bonds is 5. The zero-order valence-electron chi connectivity index (χ0n) is 19.7. The van der Waals surface area contributed by atoms with E-state index in [4.69, 9.17) is 9.47 Å². The quantitative estimate of drug-likeness (QED) is 0.578. The third-order valence-corrected chi connectivity index (χ3v) is 4.91. The first-order valence-electron chi connectivity index (χ1n) is 9.25. The summed E-state index contributed by atoms with van der Waals surface area (Å²) < 4.78 is 12.1. The molecular formula is C23H32LiO3P. The minimum atomic E-state index is -0.360. The Morgan fingerprint density at radius 1 is 0.893 bits per heavy atom. The van der Waals surface area contributed by atoms with E-state index >= 15 is 0 Å². The van der Waals surface area contributed by atoms with E-state index in [0.29, 0.717) is 5.75 Å². The second kappa shape index (κ2) is 9.49. The Morgan fingerprint density at radius 2 is 1.43 bits per heavy atom. The van der Waals surface area contributed by atoms with Gasteiger partial charge in [-0.25, -0.2) is 0 Å². The zero-order chi connectivity index (χ0) is 20.4. The van der Waals surface area contributed by atoms with Crippen molar-refractivity contribution in [1.29, 1.82) is 0 Å². The number of carbonyl (C=O) groups is 1. The maximum atomic E-state index is 13.0. The Labute approximate surface area is 185 Å². The molecule has 2 aromatic carbocycles. The Bertz CT molecular complexity index is 819. The molecule has 2 aromatic rings. The molecule has 0 aliphatic rings. The van der Waals surface area contributed by atoms with E-state index in [1.807, 2.05) is 91.8 Å². The van der Waals surface area contributed by atoms with Crippen molar-refractivity contribution in [2.24, 2.45) is 0 Å². The predicted octanol–water partition coefficient (Wildman–Crippen LogP) is 2.92. The molecule has 0 heterocycles. The van der Waals surface area contributed by atoms with Crippen LogP contribution >= 0.6 is 8.58 Å². The molecule has 3 nitrogen and oxygen atoms in total. The molecule has 28 heavy (non-hydrogen) atoms. The molecule has 1 atom stereocenters. The van der Waals surface area contributed by atoms with Gasteiger partial charge in [0.2, 0.25) is 0 Å². The summed E-state index contributed by atoms with van der Waals surface area (Å²) in [5, 5.41) is 0.902. The van der Waals surface area contributed by atoms with E-state index in [0.717, 1.165) is 27.7 Å². The van der Waals surface area contributed by atoms with Crippen LogP contribution in [0, 0.1) is 13.8 Å². The summed E-state index contributed by atoms with van der Waals surface area (Å²) in [6, 6.07) is 11.7. The van der Waals surface area contributed by atoms with Crippen LogP contribution in [0.3, 0.4) is 0 Å². The fourth-order valence-corrected chi connectivity index (χ4v) is 3.97. The smallest absolute Gasteiger partial charge is 1.00 e. The molecule has 0 bridgehead atoms. The van der Waals surface area contributed by atoms with Crippen LogP contribution in [-0.2, 0) is 0 Å². The van der Waals surface area contributed by atoms with Gasteiger partial charge in [-0.2, -0.15) is 0 Å². The van der Waals surface area contributed by atoms with Crippen LogP contribution in [0.4, 0.5) is 0 Å². The molecule has 0 fully saturated rings. The topological polar surface area (TPSA) is 35.5 Å². The Hall–Kier alpha value is -1.26. The third kappa shape index (κ3) is 7.29. The van der Waals surface area contributed by atoms with Gasteiger partial charge in [-0.1, -0.05) is 18.2 Å². The molecule has 0 aromatic heterocycles. The summed E-state index contributed by atoms with van der Waals surface area (Å²) in [4.78, 5) is 13.0. The second-order valence-electron chi connectivity index (χ2n) is 8.81. The monoisotopic (exact) mass is 394 g/mol. The van der Waals surface area contributed by atoms with Crippen molar-refractivity contribution in [3.63, 3.8) is 0 Å². The van der Waals surface area contributed by atoms with Crippen LogP contribution in [0.25, 0.3) is 0 Å². The summed E-state index contributed by atoms with van der Waals surface area (Å²) in [6.07, 6.45) is 0. The van der Waals surface area contributed by atoms with Crippen molar-refractivity contribution in [2.75, 3.05) is 0 Å². The standard InChI is InChI=1S/C23H31O3P.Li.H/c1-15-10-9-11-16(2)20(15)21(24)27-19-13-12-17(25-22(3,4)5)14-18(19)26-23(6,7)8;;/h9-14,27H,1-8H3;;/q;+1;-1. The van der Waals surface area contributed by atoms with Crippen LogP contribution in [0.2, 0.25) is 0 Å². The van der Waals surface area contributed by atoms with Gasteiger partial charge in [-0.15, -0.1) is 0 Å². The van der Waals surface area contributed by atoms with E-state index in [9.17, 15) is 4.79 Å². The maximum Gasteiger partial charge on any atom is 1.00 e. The van der Waals surface area contributed by atoms with Gasteiger partial charge in [0.1, 0.15) is 22.7 Å². The molecule has 0 saturated carbocycles. The van der Waals surface area contributed by atoms with Crippen molar-refractivity contribution in [1.82, 2.24) is 0 Å². The van der Waals surface area contributed by atoms with Gasteiger partial charge in [-0.05, 0) is 87.2 Å². The summed E-state index contributed by atoms with van der Waals surface area (Å²) in [5.41, 5.74) is 2.32. The molecule has 1 unspecified atom stereocenters. The zero-order valence-corrected chi connectivity index (χ0v) is 19.7. The number of ether oxygens (including phenoxy) is 2. The van der Waals surface area contributed by atoms with Gasteiger partial charge in [0.25, 0.3) is 0 Å². The van der Waals surface area contributed by atoms with E-state index < -0.39 is 0 Å². The number of hydrogen-bond acceptors (Lipinski definition) is 3. The molecule has 2 rings (SSSR count). The van der Waals surface area contributed by atoms with Gasteiger partial charge >= 0.3 is 18.9 Å². The SMILES string of the molecule is Cc1cccc(C)c1C(=O)Pc1ccc(OC(C)(C)C)cc1OC(C)(C)C.[H-].[Li+]. The summed E-state index contributed by atoms with van der Waals surface area (Å²) in [7, 11) is -0.00183. The van der Waals surface area contributed by atoms with Crippen molar-refractivity contribution in [3.05, 3.63) is 53.1 Å².